The highest BCUT2D eigenvalue weighted by atomic mass is 16.6. The standard InChI is InChI=1S/C52H78O6/c1-4-7-10-13-16-19-22-24-25-26-27-29-30-33-36-39-42-45-51(54)57-48-49(47-56-50(53)44-41-38-35-32-21-18-15-12-9-6-3)58-52(55)46-43-40-37-34-31-28-23-20-17-14-11-8-5-2/h7-8,10-11,13-20,22-31,49H,4-6,9,12,21,32-48H2,1-3H3/b10-7-,11-8-,16-13-,17-14-,18-15-,22-19-,23-20-,25-24-,27-26+,30-29-,31-28-. The van der Waals surface area contributed by atoms with Crippen LogP contribution in [-0.4, -0.2) is 37.2 Å². The van der Waals surface area contributed by atoms with Crippen LogP contribution in [0.2, 0.25) is 0 Å². The van der Waals surface area contributed by atoms with Gasteiger partial charge >= 0.3 is 17.9 Å². The van der Waals surface area contributed by atoms with Crippen LogP contribution in [0.5, 0.6) is 0 Å². The van der Waals surface area contributed by atoms with E-state index in [1.807, 2.05) is 97.2 Å². The number of rotatable bonds is 37. The third-order valence-electron chi connectivity index (χ3n) is 8.63. The zero-order valence-electron chi connectivity index (χ0n) is 36.5. The van der Waals surface area contributed by atoms with E-state index in [1.54, 1.807) is 0 Å². The lowest BCUT2D eigenvalue weighted by atomic mass is 10.1. The maximum atomic E-state index is 12.7. The molecule has 1 unspecified atom stereocenters. The van der Waals surface area contributed by atoms with E-state index < -0.39 is 6.10 Å². The second-order valence-electron chi connectivity index (χ2n) is 14.1. The average molecular weight is 799 g/mol. The third-order valence-corrected chi connectivity index (χ3v) is 8.63. The summed E-state index contributed by atoms with van der Waals surface area (Å²) in [5.74, 6) is -1.04. The molecule has 0 aliphatic carbocycles. The smallest absolute Gasteiger partial charge is 0.306 e. The quantitative estimate of drug-likeness (QED) is 0.0205. The molecule has 1 atom stereocenters. The molecule has 0 amide bonds. The largest absolute Gasteiger partial charge is 0.462 e. The topological polar surface area (TPSA) is 78.9 Å². The summed E-state index contributed by atoms with van der Waals surface area (Å²) in [5.41, 5.74) is 0. The van der Waals surface area contributed by atoms with Crippen LogP contribution in [0.25, 0.3) is 0 Å². The van der Waals surface area contributed by atoms with E-state index in [-0.39, 0.29) is 44.0 Å². The fourth-order valence-electron chi connectivity index (χ4n) is 5.29. The lowest BCUT2D eigenvalue weighted by Gasteiger charge is -2.18. The molecule has 0 aliphatic heterocycles. The van der Waals surface area contributed by atoms with E-state index in [0.717, 1.165) is 89.9 Å². The van der Waals surface area contributed by atoms with Crippen molar-refractivity contribution >= 4 is 17.9 Å². The van der Waals surface area contributed by atoms with Crippen molar-refractivity contribution < 1.29 is 28.6 Å². The molecule has 0 bridgehead atoms. The van der Waals surface area contributed by atoms with Gasteiger partial charge in [-0.3, -0.25) is 14.4 Å². The van der Waals surface area contributed by atoms with E-state index >= 15 is 0 Å². The molecule has 0 aromatic rings. The molecule has 0 radical (unpaired) electrons. The molecule has 0 saturated carbocycles. The highest BCUT2D eigenvalue weighted by Gasteiger charge is 2.19. The number of hydrogen-bond donors (Lipinski definition) is 0. The second-order valence-corrected chi connectivity index (χ2v) is 14.1. The Bertz CT molecular complexity index is 1330. The summed E-state index contributed by atoms with van der Waals surface area (Å²) < 4.78 is 16.6. The van der Waals surface area contributed by atoms with Crippen molar-refractivity contribution in [2.75, 3.05) is 13.2 Å². The minimum absolute atomic E-state index is 0.121. The average Bonchev–Trinajstić information content (AvgIpc) is 3.22. The van der Waals surface area contributed by atoms with Gasteiger partial charge in [0.15, 0.2) is 6.10 Å². The van der Waals surface area contributed by atoms with Gasteiger partial charge in [-0.1, -0.05) is 193 Å². The van der Waals surface area contributed by atoms with Gasteiger partial charge in [-0.2, -0.15) is 0 Å². The first-order valence-electron chi connectivity index (χ1n) is 22.3. The molecular formula is C52H78O6. The Morgan fingerprint density at radius 3 is 1.10 bits per heavy atom. The number of hydrogen-bond acceptors (Lipinski definition) is 6. The molecule has 0 fully saturated rings. The maximum Gasteiger partial charge on any atom is 0.306 e. The van der Waals surface area contributed by atoms with Crippen LogP contribution >= 0.6 is 0 Å². The zero-order chi connectivity index (χ0) is 42.3. The predicted molar refractivity (Wildman–Crippen MR) is 246 cm³/mol. The van der Waals surface area contributed by atoms with Crippen LogP contribution < -0.4 is 0 Å². The van der Waals surface area contributed by atoms with Crippen molar-refractivity contribution in [3.63, 3.8) is 0 Å². The summed E-state index contributed by atoms with van der Waals surface area (Å²) in [6.45, 7) is 6.18. The molecule has 6 nitrogen and oxygen atoms in total. The molecule has 0 saturated heterocycles. The summed E-state index contributed by atoms with van der Waals surface area (Å²) in [5, 5.41) is 0. The molecular weight excluding hydrogens is 721 g/mol. The zero-order valence-corrected chi connectivity index (χ0v) is 36.5. The van der Waals surface area contributed by atoms with Gasteiger partial charge in [-0.25, -0.2) is 0 Å². The number of ether oxygens (including phenoxy) is 3. The highest BCUT2D eigenvalue weighted by molar-refractivity contribution is 5.71. The van der Waals surface area contributed by atoms with Crippen molar-refractivity contribution in [2.45, 2.75) is 162 Å². The number of esters is 3. The van der Waals surface area contributed by atoms with Gasteiger partial charge in [0, 0.05) is 19.3 Å². The third kappa shape index (κ3) is 42.7. The molecule has 58 heavy (non-hydrogen) atoms. The van der Waals surface area contributed by atoms with Crippen molar-refractivity contribution in [1.82, 2.24) is 0 Å². The van der Waals surface area contributed by atoms with Crippen LogP contribution in [0.1, 0.15) is 156 Å². The molecule has 0 rings (SSSR count). The van der Waals surface area contributed by atoms with Gasteiger partial charge in [-0.15, -0.1) is 0 Å². The van der Waals surface area contributed by atoms with Crippen molar-refractivity contribution in [3.8, 4) is 0 Å². The predicted octanol–water partition coefficient (Wildman–Crippen LogP) is 14.4. The number of allylic oxidation sites excluding steroid dienone is 22. The van der Waals surface area contributed by atoms with Gasteiger partial charge in [-0.05, 0) is 77.0 Å². The van der Waals surface area contributed by atoms with Crippen LogP contribution in [-0.2, 0) is 28.6 Å². The van der Waals surface area contributed by atoms with Crippen LogP contribution in [0.4, 0.5) is 0 Å². The first-order valence-corrected chi connectivity index (χ1v) is 22.3. The Labute approximate surface area is 354 Å². The molecule has 0 aromatic heterocycles. The summed E-state index contributed by atoms with van der Waals surface area (Å²) >= 11 is 0. The fourth-order valence-corrected chi connectivity index (χ4v) is 5.29. The normalized spacial score (nSPS) is 13.4. The fraction of sp³-hybridized carbons (Fsp3) is 0.519. The molecule has 322 valence electrons. The molecule has 0 heterocycles. The molecule has 0 spiro atoms. The van der Waals surface area contributed by atoms with Gasteiger partial charge in [0.1, 0.15) is 13.2 Å². The Balaban J connectivity index is 4.59. The van der Waals surface area contributed by atoms with Crippen LogP contribution in [0.3, 0.4) is 0 Å². The monoisotopic (exact) mass is 799 g/mol. The van der Waals surface area contributed by atoms with Gasteiger partial charge < -0.3 is 14.2 Å². The summed E-state index contributed by atoms with van der Waals surface area (Å²) in [4.78, 5) is 37.7. The lowest BCUT2D eigenvalue weighted by molar-refractivity contribution is -0.167. The Morgan fingerprint density at radius 1 is 0.362 bits per heavy atom. The first kappa shape index (κ1) is 53.6. The van der Waals surface area contributed by atoms with Crippen LogP contribution in [0.15, 0.2) is 134 Å². The number of carbonyl (C=O) groups excluding carboxylic acids is 3. The first-order chi connectivity index (χ1) is 28.5. The van der Waals surface area contributed by atoms with E-state index in [1.165, 1.54) is 12.8 Å². The Hall–Kier alpha value is -4.45. The summed E-state index contributed by atoms with van der Waals surface area (Å²) in [7, 11) is 0. The van der Waals surface area contributed by atoms with Crippen molar-refractivity contribution in [1.29, 1.82) is 0 Å². The Kier molecular flexibility index (Phi) is 41.8. The van der Waals surface area contributed by atoms with Gasteiger partial charge in [0.05, 0.1) is 0 Å². The molecule has 0 aliphatic rings. The van der Waals surface area contributed by atoms with Crippen LogP contribution in [0, 0.1) is 0 Å². The van der Waals surface area contributed by atoms with Crippen molar-refractivity contribution in [3.05, 3.63) is 134 Å². The second kappa shape index (κ2) is 45.3. The number of unbranched alkanes of at least 4 members (excludes halogenated alkanes) is 12. The summed E-state index contributed by atoms with van der Waals surface area (Å²) in [6.07, 6.45) is 62.9. The van der Waals surface area contributed by atoms with Gasteiger partial charge in [0.2, 0.25) is 0 Å². The van der Waals surface area contributed by atoms with E-state index in [0.29, 0.717) is 19.3 Å². The van der Waals surface area contributed by atoms with E-state index in [2.05, 4.69) is 57.2 Å². The maximum absolute atomic E-state index is 12.7. The SMILES string of the molecule is CC\C=C/C=C\C=C/C=C\C=C\C=C/CCCCCC(=O)OCC(COC(=O)CCCCCC/C=C\CCCC)OC(=O)CCCCC\C=C/C=C\C=C/C=C\CC. The molecule has 6 heteroatoms. The minimum Gasteiger partial charge on any atom is -0.462 e. The van der Waals surface area contributed by atoms with Crippen molar-refractivity contribution in [2.24, 2.45) is 0 Å². The molecule has 0 aromatic carbocycles. The lowest BCUT2D eigenvalue weighted by Crippen LogP contribution is -2.30. The minimum atomic E-state index is -0.824. The van der Waals surface area contributed by atoms with E-state index in [4.69, 9.17) is 14.2 Å². The summed E-state index contributed by atoms with van der Waals surface area (Å²) in [6, 6.07) is 0. The Morgan fingerprint density at radius 2 is 0.690 bits per heavy atom. The number of carbonyl (C=O) groups is 3. The molecule has 0 N–H and O–H groups in total. The van der Waals surface area contributed by atoms with E-state index in [9.17, 15) is 14.4 Å². The highest BCUT2D eigenvalue weighted by Crippen LogP contribution is 2.11. The van der Waals surface area contributed by atoms with Gasteiger partial charge in [0.25, 0.3) is 0 Å².